The van der Waals surface area contributed by atoms with Gasteiger partial charge in [0.1, 0.15) is 11.4 Å². The Morgan fingerprint density at radius 1 is 1.18 bits per heavy atom. The first kappa shape index (κ1) is 13.3. The third-order valence-electron chi connectivity index (χ3n) is 3.46. The summed E-state index contributed by atoms with van der Waals surface area (Å²) in [5.74, 6) is 2.01. The number of thiophene rings is 1. The van der Waals surface area contributed by atoms with E-state index in [-0.39, 0.29) is 5.60 Å². The first-order chi connectivity index (χ1) is 10.6. The van der Waals surface area contributed by atoms with Crippen LogP contribution in [0.3, 0.4) is 0 Å². The van der Waals surface area contributed by atoms with Crippen molar-refractivity contribution in [3.05, 3.63) is 47.4 Å². The number of ether oxygens (including phenoxy) is 1. The largest absolute Gasteiger partial charge is 0.483 e. The summed E-state index contributed by atoms with van der Waals surface area (Å²) in [6.45, 7) is 4.07. The fraction of sp³-hybridized carbons (Fsp3) is 0.176. The van der Waals surface area contributed by atoms with Gasteiger partial charge in [-0.05, 0) is 49.6 Å². The number of rotatable bonds is 2. The van der Waals surface area contributed by atoms with E-state index in [1.807, 2.05) is 55.6 Å². The van der Waals surface area contributed by atoms with E-state index in [9.17, 15) is 0 Å². The van der Waals surface area contributed by atoms with Crippen LogP contribution in [0.4, 0.5) is 0 Å². The fourth-order valence-corrected chi connectivity index (χ4v) is 3.00. The van der Waals surface area contributed by atoms with Crippen LogP contribution in [0.2, 0.25) is 0 Å². The molecule has 0 unspecified atom stereocenters. The molecule has 0 N–H and O–H groups in total. The second-order valence-corrected chi connectivity index (χ2v) is 6.64. The van der Waals surface area contributed by atoms with Crippen LogP contribution >= 0.6 is 11.3 Å². The SMILES string of the molecule is CC1(C)C=Cc2cc(-c3noc(-c4cccs4)n3)ccc2O1. The predicted octanol–water partition coefficient (Wildman–Crippen LogP) is 4.65. The monoisotopic (exact) mass is 310 g/mol. The van der Waals surface area contributed by atoms with Crippen LogP contribution in [0.5, 0.6) is 5.75 Å². The average Bonchev–Trinajstić information content (AvgIpc) is 3.17. The van der Waals surface area contributed by atoms with E-state index in [4.69, 9.17) is 9.26 Å². The minimum Gasteiger partial charge on any atom is -0.483 e. The van der Waals surface area contributed by atoms with Crippen LogP contribution < -0.4 is 4.74 Å². The van der Waals surface area contributed by atoms with Crippen LogP contribution in [0.25, 0.3) is 28.2 Å². The Balaban J connectivity index is 1.70. The quantitative estimate of drug-likeness (QED) is 0.691. The van der Waals surface area contributed by atoms with E-state index in [1.54, 1.807) is 11.3 Å². The molecule has 4 rings (SSSR count). The van der Waals surface area contributed by atoms with Gasteiger partial charge < -0.3 is 9.26 Å². The van der Waals surface area contributed by atoms with Gasteiger partial charge in [0.05, 0.1) is 4.88 Å². The molecule has 1 aromatic carbocycles. The fourth-order valence-electron chi connectivity index (χ4n) is 2.36. The molecule has 0 radical (unpaired) electrons. The maximum Gasteiger partial charge on any atom is 0.268 e. The highest BCUT2D eigenvalue weighted by molar-refractivity contribution is 7.13. The summed E-state index contributed by atoms with van der Waals surface area (Å²) in [4.78, 5) is 5.44. The summed E-state index contributed by atoms with van der Waals surface area (Å²) < 4.78 is 11.3. The summed E-state index contributed by atoms with van der Waals surface area (Å²) in [5, 5.41) is 6.06. The van der Waals surface area contributed by atoms with E-state index in [2.05, 4.69) is 16.2 Å². The zero-order chi connectivity index (χ0) is 15.2. The van der Waals surface area contributed by atoms with E-state index in [0.717, 1.165) is 21.8 Å². The molecule has 1 aliphatic heterocycles. The van der Waals surface area contributed by atoms with E-state index in [1.165, 1.54) is 0 Å². The van der Waals surface area contributed by atoms with Crippen LogP contribution in [0, 0.1) is 0 Å². The lowest BCUT2D eigenvalue weighted by atomic mass is 10.0. The van der Waals surface area contributed by atoms with Crippen molar-refractivity contribution in [3.8, 4) is 27.9 Å². The lowest BCUT2D eigenvalue weighted by Crippen LogP contribution is -2.27. The molecule has 0 amide bonds. The molecule has 3 heterocycles. The van der Waals surface area contributed by atoms with Crippen molar-refractivity contribution in [2.75, 3.05) is 0 Å². The van der Waals surface area contributed by atoms with Crippen LogP contribution in [0.15, 0.2) is 46.3 Å². The predicted molar refractivity (Wildman–Crippen MR) is 86.8 cm³/mol. The standard InChI is InChI=1S/C17H14N2O2S/c1-17(2)8-7-11-10-12(5-6-13(11)20-17)15-18-16(21-19-15)14-4-3-9-22-14/h3-10H,1-2H3. The average molecular weight is 310 g/mol. The molecule has 1 aliphatic rings. The summed E-state index contributed by atoms with van der Waals surface area (Å²) in [6.07, 6.45) is 4.12. The third kappa shape index (κ3) is 2.33. The smallest absolute Gasteiger partial charge is 0.268 e. The van der Waals surface area contributed by atoms with Crippen LogP contribution in [0.1, 0.15) is 19.4 Å². The second-order valence-electron chi connectivity index (χ2n) is 5.69. The Hall–Kier alpha value is -2.40. The lowest BCUT2D eigenvalue weighted by Gasteiger charge is -2.27. The molecular formula is C17H14N2O2S. The Kier molecular flexibility index (Phi) is 2.90. The molecule has 0 atom stereocenters. The van der Waals surface area contributed by atoms with Gasteiger partial charge in [0.15, 0.2) is 0 Å². The molecule has 0 saturated carbocycles. The number of hydrogen-bond acceptors (Lipinski definition) is 5. The Bertz CT molecular complexity index is 847. The molecule has 0 spiro atoms. The van der Waals surface area contributed by atoms with Crippen LogP contribution in [-0.2, 0) is 0 Å². The van der Waals surface area contributed by atoms with Crippen molar-refractivity contribution in [2.45, 2.75) is 19.4 Å². The second kappa shape index (κ2) is 4.81. The lowest BCUT2D eigenvalue weighted by molar-refractivity contribution is 0.159. The van der Waals surface area contributed by atoms with Crippen molar-refractivity contribution in [1.82, 2.24) is 10.1 Å². The molecule has 110 valence electrons. The van der Waals surface area contributed by atoms with Crippen molar-refractivity contribution in [1.29, 1.82) is 0 Å². The number of fused-ring (bicyclic) bond motifs is 1. The molecular weight excluding hydrogens is 296 g/mol. The molecule has 4 nitrogen and oxygen atoms in total. The molecule has 0 fully saturated rings. The van der Waals surface area contributed by atoms with Crippen molar-refractivity contribution in [2.24, 2.45) is 0 Å². The zero-order valence-electron chi connectivity index (χ0n) is 12.2. The first-order valence-electron chi connectivity index (χ1n) is 7.01. The molecule has 2 aromatic heterocycles. The Morgan fingerprint density at radius 3 is 2.91 bits per heavy atom. The van der Waals surface area contributed by atoms with Gasteiger partial charge in [0, 0.05) is 11.1 Å². The first-order valence-corrected chi connectivity index (χ1v) is 7.89. The molecule has 0 saturated heterocycles. The highest BCUT2D eigenvalue weighted by atomic mass is 32.1. The summed E-state index contributed by atoms with van der Waals surface area (Å²) in [7, 11) is 0. The number of aromatic nitrogens is 2. The van der Waals surface area contributed by atoms with E-state index >= 15 is 0 Å². The van der Waals surface area contributed by atoms with Gasteiger partial charge in [0.25, 0.3) is 5.89 Å². The maximum absolute atomic E-state index is 5.92. The van der Waals surface area contributed by atoms with Gasteiger partial charge in [-0.3, -0.25) is 0 Å². The summed E-state index contributed by atoms with van der Waals surface area (Å²) in [6, 6.07) is 9.86. The van der Waals surface area contributed by atoms with Crippen molar-refractivity contribution >= 4 is 17.4 Å². The highest BCUT2D eigenvalue weighted by Gasteiger charge is 2.22. The molecule has 5 heteroatoms. The van der Waals surface area contributed by atoms with Gasteiger partial charge >= 0.3 is 0 Å². The van der Waals surface area contributed by atoms with Crippen molar-refractivity contribution in [3.63, 3.8) is 0 Å². The van der Waals surface area contributed by atoms with Gasteiger partial charge in [-0.2, -0.15) is 4.98 Å². The number of hydrogen-bond donors (Lipinski definition) is 0. The van der Waals surface area contributed by atoms with Crippen LogP contribution in [-0.4, -0.2) is 15.7 Å². The van der Waals surface area contributed by atoms with E-state index in [0.29, 0.717) is 11.7 Å². The maximum atomic E-state index is 5.92. The van der Waals surface area contributed by atoms with Gasteiger partial charge in [0.2, 0.25) is 5.82 Å². The zero-order valence-corrected chi connectivity index (χ0v) is 13.1. The topological polar surface area (TPSA) is 48.2 Å². The number of benzene rings is 1. The van der Waals surface area contributed by atoms with E-state index < -0.39 is 0 Å². The molecule has 22 heavy (non-hydrogen) atoms. The summed E-state index contributed by atoms with van der Waals surface area (Å²) in [5.41, 5.74) is 1.67. The normalized spacial score (nSPS) is 15.4. The van der Waals surface area contributed by atoms with Crippen molar-refractivity contribution < 1.29 is 9.26 Å². The van der Waals surface area contributed by atoms with Gasteiger partial charge in [-0.25, -0.2) is 0 Å². The van der Waals surface area contributed by atoms with Gasteiger partial charge in [-0.1, -0.05) is 17.3 Å². The summed E-state index contributed by atoms with van der Waals surface area (Å²) >= 11 is 1.58. The number of nitrogens with zero attached hydrogens (tertiary/aromatic N) is 2. The third-order valence-corrected chi connectivity index (χ3v) is 4.32. The molecule has 0 bridgehead atoms. The minimum absolute atomic E-state index is 0.271. The molecule has 3 aromatic rings. The highest BCUT2D eigenvalue weighted by Crippen LogP contribution is 2.34. The molecule has 0 aliphatic carbocycles. The Labute approximate surface area is 132 Å². The van der Waals surface area contributed by atoms with Gasteiger partial charge in [-0.15, -0.1) is 11.3 Å². The Morgan fingerprint density at radius 2 is 2.09 bits per heavy atom. The minimum atomic E-state index is -0.271.